The van der Waals surface area contributed by atoms with E-state index in [0.717, 1.165) is 29.1 Å². The lowest BCUT2D eigenvalue weighted by Gasteiger charge is -1.97. The summed E-state index contributed by atoms with van der Waals surface area (Å²) in [5.74, 6) is 1.58. The highest BCUT2D eigenvalue weighted by Gasteiger charge is 2.16. The summed E-state index contributed by atoms with van der Waals surface area (Å²) in [6.07, 6.45) is 0. The predicted molar refractivity (Wildman–Crippen MR) is 70.3 cm³/mol. The molecule has 0 amide bonds. The number of rotatable bonds is 1. The molecule has 3 aromatic heterocycles. The summed E-state index contributed by atoms with van der Waals surface area (Å²) in [6.45, 7) is 2.96. The van der Waals surface area contributed by atoms with Crippen LogP contribution in [0.5, 0.6) is 0 Å². The minimum Gasteiger partial charge on any atom is -0.309 e. The molecule has 1 N–H and O–H groups in total. The molecule has 0 saturated heterocycles. The molecule has 0 aliphatic heterocycles. The molecule has 0 radical (unpaired) electrons. The van der Waals surface area contributed by atoms with Crippen molar-refractivity contribution in [3.63, 3.8) is 0 Å². The van der Waals surface area contributed by atoms with Crippen LogP contribution in [0.3, 0.4) is 0 Å². The molecule has 7 heteroatoms. The summed E-state index contributed by atoms with van der Waals surface area (Å²) in [4.78, 5) is 0. The van der Waals surface area contributed by atoms with Crippen LogP contribution in [0, 0.1) is 4.77 Å². The standard InChI is InChI=1S/C11H10N6S/c1-2-15-7-5-3-4-6-8(7)16-9-12-13-11(18)17(9)14-10(15)16/h3-6H,2H2,1H3,(H,13,18). The molecule has 4 aromatic rings. The van der Waals surface area contributed by atoms with Gasteiger partial charge in [0.25, 0.3) is 5.78 Å². The van der Waals surface area contributed by atoms with Gasteiger partial charge in [0.05, 0.1) is 11.0 Å². The molecule has 1 aromatic carbocycles. The fraction of sp³-hybridized carbons (Fsp3) is 0.182. The lowest BCUT2D eigenvalue weighted by Crippen LogP contribution is -1.95. The molecule has 0 atom stereocenters. The second-order valence-corrected chi connectivity index (χ2v) is 4.50. The summed E-state index contributed by atoms with van der Waals surface area (Å²) in [7, 11) is 0. The smallest absolute Gasteiger partial charge is 0.258 e. The first kappa shape index (κ1) is 9.84. The average Bonchev–Trinajstić information content (AvgIpc) is 3.00. The van der Waals surface area contributed by atoms with Gasteiger partial charge in [0.2, 0.25) is 10.5 Å². The summed E-state index contributed by atoms with van der Waals surface area (Å²) >= 11 is 5.16. The average molecular weight is 258 g/mol. The zero-order chi connectivity index (χ0) is 12.3. The number of nitrogens with one attached hydrogen (secondary N) is 1. The summed E-state index contributed by atoms with van der Waals surface area (Å²) in [5, 5.41) is 11.5. The number of benzene rings is 1. The van der Waals surface area contributed by atoms with E-state index >= 15 is 0 Å². The van der Waals surface area contributed by atoms with E-state index in [0.29, 0.717) is 4.77 Å². The van der Waals surface area contributed by atoms with Crippen molar-refractivity contribution in [2.75, 3.05) is 0 Å². The van der Waals surface area contributed by atoms with Gasteiger partial charge in [-0.25, -0.2) is 9.50 Å². The van der Waals surface area contributed by atoms with Crippen molar-refractivity contribution in [2.24, 2.45) is 0 Å². The van der Waals surface area contributed by atoms with Crippen LogP contribution in [0.25, 0.3) is 22.6 Å². The minimum atomic E-state index is 0.514. The molecule has 0 spiro atoms. The molecule has 0 saturated carbocycles. The van der Waals surface area contributed by atoms with Gasteiger partial charge in [0, 0.05) is 6.54 Å². The second kappa shape index (κ2) is 3.20. The van der Waals surface area contributed by atoms with E-state index in [1.807, 2.05) is 16.5 Å². The number of hydrogen-bond acceptors (Lipinski definition) is 3. The molecular formula is C11H10N6S. The van der Waals surface area contributed by atoms with Crippen molar-refractivity contribution < 1.29 is 0 Å². The van der Waals surface area contributed by atoms with Gasteiger partial charge in [0.1, 0.15) is 0 Å². The van der Waals surface area contributed by atoms with Crippen LogP contribution in [0.15, 0.2) is 24.3 Å². The molecule has 4 rings (SSSR count). The van der Waals surface area contributed by atoms with E-state index in [4.69, 9.17) is 12.2 Å². The lowest BCUT2D eigenvalue weighted by atomic mass is 10.3. The molecule has 0 fully saturated rings. The molecule has 0 bridgehead atoms. The monoisotopic (exact) mass is 258 g/mol. The largest absolute Gasteiger partial charge is 0.309 e. The first-order valence-corrected chi connectivity index (χ1v) is 6.15. The first-order chi connectivity index (χ1) is 8.81. The quantitative estimate of drug-likeness (QED) is 0.531. The van der Waals surface area contributed by atoms with Crippen molar-refractivity contribution in [3.05, 3.63) is 29.0 Å². The molecule has 0 unspecified atom stereocenters. The van der Waals surface area contributed by atoms with Crippen molar-refractivity contribution in [3.8, 4) is 0 Å². The van der Waals surface area contributed by atoms with Gasteiger partial charge >= 0.3 is 0 Å². The van der Waals surface area contributed by atoms with Gasteiger partial charge in [0.15, 0.2) is 0 Å². The van der Waals surface area contributed by atoms with E-state index in [1.54, 1.807) is 4.52 Å². The third kappa shape index (κ3) is 0.999. The number of nitrogens with zero attached hydrogens (tertiary/aromatic N) is 5. The van der Waals surface area contributed by atoms with Crippen LogP contribution >= 0.6 is 12.2 Å². The Morgan fingerprint density at radius 2 is 2.00 bits per heavy atom. The van der Waals surface area contributed by atoms with Crippen molar-refractivity contribution >= 4 is 34.8 Å². The molecule has 18 heavy (non-hydrogen) atoms. The number of aryl methyl sites for hydroxylation is 1. The number of aromatic nitrogens is 6. The van der Waals surface area contributed by atoms with Crippen LogP contribution in [-0.4, -0.2) is 28.8 Å². The predicted octanol–water partition coefficient (Wildman–Crippen LogP) is 2.01. The Morgan fingerprint density at radius 3 is 2.78 bits per heavy atom. The molecular weight excluding hydrogens is 248 g/mol. The van der Waals surface area contributed by atoms with E-state index in [1.165, 1.54) is 0 Å². The van der Waals surface area contributed by atoms with E-state index in [2.05, 4.69) is 38.9 Å². The topological polar surface area (TPSA) is 55.3 Å². The molecule has 0 aliphatic rings. The number of para-hydroxylation sites is 2. The van der Waals surface area contributed by atoms with Gasteiger partial charge in [-0.1, -0.05) is 12.1 Å². The second-order valence-electron chi connectivity index (χ2n) is 4.11. The maximum atomic E-state index is 5.16. The highest BCUT2D eigenvalue weighted by Crippen LogP contribution is 2.21. The molecule has 0 aliphatic carbocycles. The SMILES string of the molecule is CCn1c2ccccc2n2c1nn1c(=S)[nH]nc12. The van der Waals surface area contributed by atoms with Gasteiger partial charge in [-0.2, -0.15) is 4.52 Å². The van der Waals surface area contributed by atoms with Crippen LogP contribution in [0.2, 0.25) is 0 Å². The number of imidazole rings is 1. The Morgan fingerprint density at radius 1 is 1.22 bits per heavy atom. The summed E-state index contributed by atoms with van der Waals surface area (Å²) < 4.78 is 6.34. The zero-order valence-electron chi connectivity index (χ0n) is 9.66. The molecule has 3 heterocycles. The zero-order valence-corrected chi connectivity index (χ0v) is 10.5. The maximum Gasteiger partial charge on any atom is 0.258 e. The van der Waals surface area contributed by atoms with Crippen molar-refractivity contribution in [1.82, 2.24) is 28.8 Å². The van der Waals surface area contributed by atoms with Crippen LogP contribution in [0.1, 0.15) is 6.92 Å². The van der Waals surface area contributed by atoms with Crippen molar-refractivity contribution in [2.45, 2.75) is 13.5 Å². The van der Waals surface area contributed by atoms with Crippen LogP contribution < -0.4 is 0 Å². The van der Waals surface area contributed by atoms with E-state index in [-0.39, 0.29) is 0 Å². The summed E-state index contributed by atoms with van der Waals surface area (Å²) in [6, 6.07) is 8.19. The fourth-order valence-corrected chi connectivity index (χ4v) is 2.60. The van der Waals surface area contributed by atoms with E-state index in [9.17, 15) is 0 Å². The van der Waals surface area contributed by atoms with Gasteiger partial charge in [-0.05, 0) is 31.3 Å². The van der Waals surface area contributed by atoms with Crippen LogP contribution in [0.4, 0.5) is 0 Å². The Hall–Kier alpha value is -2.15. The van der Waals surface area contributed by atoms with Gasteiger partial charge in [-0.3, -0.25) is 0 Å². The Labute approximate surface area is 106 Å². The molecule has 90 valence electrons. The summed E-state index contributed by atoms with van der Waals surface area (Å²) in [5.41, 5.74) is 2.24. The number of aromatic amines is 1. The molecule has 6 nitrogen and oxygen atoms in total. The lowest BCUT2D eigenvalue weighted by molar-refractivity contribution is 0.793. The number of fused-ring (bicyclic) bond motifs is 5. The minimum absolute atomic E-state index is 0.514. The Bertz CT molecular complexity index is 937. The van der Waals surface area contributed by atoms with Gasteiger partial charge < -0.3 is 4.57 Å². The maximum absolute atomic E-state index is 5.16. The normalized spacial score (nSPS) is 12.1. The third-order valence-corrected chi connectivity index (χ3v) is 3.46. The van der Waals surface area contributed by atoms with Gasteiger partial charge in [-0.15, -0.1) is 10.2 Å². The Balaban J connectivity index is 2.40. The highest BCUT2D eigenvalue weighted by atomic mass is 32.1. The first-order valence-electron chi connectivity index (χ1n) is 5.74. The van der Waals surface area contributed by atoms with Crippen LogP contribution in [-0.2, 0) is 6.54 Å². The third-order valence-electron chi connectivity index (χ3n) is 3.19. The Kier molecular flexibility index (Phi) is 1.75. The number of hydrogen-bond donors (Lipinski definition) is 1. The highest BCUT2D eigenvalue weighted by molar-refractivity contribution is 7.71. The van der Waals surface area contributed by atoms with E-state index < -0.39 is 0 Å². The van der Waals surface area contributed by atoms with Crippen molar-refractivity contribution in [1.29, 1.82) is 0 Å². The number of H-pyrrole nitrogens is 1. The fourth-order valence-electron chi connectivity index (χ4n) is 2.43.